The molecule has 5 heteroatoms. The van der Waals surface area contributed by atoms with Crippen molar-refractivity contribution >= 4 is 11.8 Å². The molecule has 1 aromatic carbocycles. The van der Waals surface area contributed by atoms with Crippen LogP contribution in [0.3, 0.4) is 0 Å². The number of hydrogen-bond donors (Lipinski definition) is 0. The van der Waals surface area contributed by atoms with Gasteiger partial charge in [0.15, 0.2) is 0 Å². The molecule has 0 aliphatic carbocycles. The topological polar surface area (TPSA) is 49.9 Å². The molecule has 2 amide bonds. The Kier molecular flexibility index (Phi) is 6.00. The zero-order valence-electron chi connectivity index (χ0n) is 16.4. The van der Waals surface area contributed by atoms with Crippen LogP contribution in [-0.4, -0.2) is 54.0 Å². The maximum Gasteiger partial charge on any atom is 0.245 e. The number of piperidine rings is 1. The van der Waals surface area contributed by atoms with Gasteiger partial charge >= 0.3 is 0 Å². The third-order valence-corrected chi connectivity index (χ3v) is 6.11. The summed E-state index contributed by atoms with van der Waals surface area (Å²) < 4.78 is 6.13. The molecular weight excluding hydrogens is 340 g/mol. The first-order valence-corrected chi connectivity index (χ1v) is 9.86. The Morgan fingerprint density at radius 3 is 2.59 bits per heavy atom. The number of ether oxygens (including phenoxy) is 1. The lowest BCUT2D eigenvalue weighted by atomic mass is 9.84. The van der Waals surface area contributed by atoms with Crippen molar-refractivity contribution in [1.82, 2.24) is 9.80 Å². The molecule has 0 bridgehead atoms. The molecule has 0 saturated carbocycles. The normalized spacial score (nSPS) is 22.4. The van der Waals surface area contributed by atoms with E-state index in [4.69, 9.17) is 4.74 Å². The molecule has 146 valence electrons. The Morgan fingerprint density at radius 1 is 1.33 bits per heavy atom. The number of likely N-dealkylation sites (tertiary alicyclic amines) is 1. The van der Waals surface area contributed by atoms with Crippen LogP contribution in [0.4, 0.5) is 0 Å². The fourth-order valence-corrected chi connectivity index (χ4v) is 4.46. The van der Waals surface area contributed by atoms with Gasteiger partial charge in [0.05, 0.1) is 24.2 Å². The summed E-state index contributed by atoms with van der Waals surface area (Å²) in [5, 5.41) is 0. The highest BCUT2D eigenvalue weighted by molar-refractivity contribution is 5.87. The van der Waals surface area contributed by atoms with Gasteiger partial charge in [0, 0.05) is 20.1 Å². The van der Waals surface area contributed by atoms with Crippen LogP contribution in [0.15, 0.2) is 43.0 Å². The number of carbonyl (C=O) groups is 2. The van der Waals surface area contributed by atoms with Gasteiger partial charge in [0.1, 0.15) is 0 Å². The maximum absolute atomic E-state index is 13.1. The van der Waals surface area contributed by atoms with Crippen molar-refractivity contribution < 1.29 is 14.3 Å². The Morgan fingerprint density at radius 2 is 2.00 bits per heavy atom. The van der Waals surface area contributed by atoms with Crippen molar-refractivity contribution in [1.29, 1.82) is 0 Å². The zero-order chi connectivity index (χ0) is 19.4. The molecule has 2 aliphatic heterocycles. The largest absolute Gasteiger partial charge is 0.374 e. The fourth-order valence-electron chi connectivity index (χ4n) is 4.46. The molecular formula is C22H30N2O3. The number of hydrogen-bond acceptors (Lipinski definition) is 3. The van der Waals surface area contributed by atoms with Crippen LogP contribution in [0.2, 0.25) is 0 Å². The second-order valence-electron chi connectivity index (χ2n) is 7.71. The van der Waals surface area contributed by atoms with Crippen LogP contribution in [0, 0.1) is 5.92 Å². The van der Waals surface area contributed by atoms with E-state index in [1.54, 1.807) is 0 Å². The van der Waals surface area contributed by atoms with E-state index < -0.39 is 0 Å². The lowest BCUT2D eigenvalue weighted by Gasteiger charge is -2.38. The van der Waals surface area contributed by atoms with Gasteiger partial charge in [-0.05, 0) is 37.3 Å². The molecule has 2 fully saturated rings. The monoisotopic (exact) mass is 370 g/mol. The number of nitrogens with zero attached hydrogens (tertiary/aromatic N) is 2. The molecule has 2 heterocycles. The molecule has 2 saturated heterocycles. The summed E-state index contributed by atoms with van der Waals surface area (Å²) in [5.74, 6) is 0.0328. The van der Waals surface area contributed by atoms with Gasteiger partial charge in [-0.15, -0.1) is 0 Å². The predicted octanol–water partition coefficient (Wildman–Crippen LogP) is 3.18. The van der Waals surface area contributed by atoms with Crippen LogP contribution < -0.4 is 0 Å². The SMILES string of the molecule is C=CC(=O)N1CCC2(CC1)CC(C(=O)N(C)C(CC)c1ccccc1)CO2. The highest BCUT2D eigenvalue weighted by atomic mass is 16.5. The molecule has 0 aromatic heterocycles. The number of benzene rings is 1. The zero-order valence-corrected chi connectivity index (χ0v) is 16.4. The minimum Gasteiger partial charge on any atom is -0.374 e. The molecule has 0 radical (unpaired) electrons. The smallest absolute Gasteiger partial charge is 0.245 e. The van der Waals surface area contributed by atoms with E-state index in [2.05, 4.69) is 25.6 Å². The second kappa shape index (κ2) is 8.26. The van der Waals surface area contributed by atoms with E-state index in [0.29, 0.717) is 19.7 Å². The summed E-state index contributed by atoms with van der Waals surface area (Å²) in [4.78, 5) is 28.6. The summed E-state index contributed by atoms with van der Waals surface area (Å²) in [5.41, 5.74) is 0.911. The molecule has 5 nitrogen and oxygen atoms in total. The first-order chi connectivity index (χ1) is 13.0. The van der Waals surface area contributed by atoms with Gasteiger partial charge in [-0.1, -0.05) is 43.8 Å². The van der Waals surface area contributed by atoms with Gasteiger partial charge in [-0.2, -0.15) is 0 Å². The Bertz CT molecular complexity index is 680. The van der Waals surface area contributed by atoms with E-state index >= 15 is 0 Å². The quantitative estimate of drug-likeness (QED) is 0.748. The summed E-state index contributed by atoms with van der Waals surface area (Å²) in [6.07, 6.45) is 4.57. The molecule has 2 atom stereocenters. The Hall–Kier alpha value is -2.14. The lowest BCUT2D eigenvalue weighted by Crippen LogP contribution is -2.46. The van der Waals surface area contributed by atoms with Crippen LogP contribution >= 0.6 is 0 Å². The van der Waals surface area contributed by atoms with Crippen molar-refractivity contribution in [2.45, 2.75) is 44.2 Å². The molecule has 1 aromatic rings. The summed E-state index contributed by atoms with van der Waals surface area (Å²) >= 11 is 0. The molecule has 0 N–H and O–H groups in total. The third kappa shape index (κ3) is 4.08. The van der Waals surface area contributed by atoms with Gasteiger partial charge in [-0.3, -0.25) is 9.59 Å². The molecule has 2 aliphatic rings. The second-order valence-corrected chi connectivity index (χ2v) is 7.71. The number of rotatable bonds is 5. The van der Waals surface area contributed by atoms with Gasteiger partial charge in [-0.25, -0.2) is 0 Å². The van der Waals surface area contributed by atoms with Gasteiger partial charge in [0.2, 0.25) is 11.8 Å². The van der Waals surface area contributed by atoms with Crippen molar-refractivity contribution in [2.75, 3.05) is 26.7 Å². The minimum atomic E-state index is -0.256. The standard InChI is InChI=1S/C22H30N2O3/c1-4-19(17-9-7-6-8-10-17)23(3)21(26)18-15-22(27-16-18)11-13-24(14-12-22)20(25)5-2/h5-10,18-19H,2,4,11-16H2,1,3H3. The maximum atomic E-state index is 13.1. The first-order valence-electron chi connectivity index (χ1n) is 9.86. The number of carbonyl (C=O) groups excluding carboxylic acids is 2. The van der Waals surface area contributed by atoms with E-state index in [1.807, 2.05) is 35.0 Å². The predicted molar refractivity (Wildman–Crippen MR) is 105 cm³/mol. The van der Waals surface area contributed by atoms with Gasteiger partial charge < -0.3 is 14.5 Å². The number of amides is 2. The molecule has 27 heavy (non-hydrogen) atoms. The summed E-state index contributed by atoms with van der Waals surface area (Å²) in [6, 6.07) is 10.3. The third-order valence-electron chi connectivity index (χ3n) is 6.11. The highest BCUT2D eigenvalue weighted by Gasteiger charge is 2.46. The van der Waals surface area contributed by atoms with E-state index in [9.17, 15) is 9.59 Å². The molecule has 2 unspecified atom stereocenters. The lowest BCUT2D eigenvalue weighted by molar-refractivity contribution is -0.136. The van der Waals surface area contributed by atoms with E-state index in [0.717, 1.165) is 25.7 Å². The fraction of sp³-hybridized carbons (Fsp3) is 0.545. The van der Waals surface area contributed by atoms with Crippen molar-refractivity contribution in [2.24, 2.45) is 5.92 Å². The minimum absolute atomic E-state index is 0.0242. The van der Waals surface area contributed by atoms with Crippen molar-refractivity contribution in [3.63, 3.8) is 0 Å². The first kappa shape index (κ1) is 19.6. The Balaban J connectivity index is 1.62. The van der Waals surface area contributed by atoms with E-state index in [-0.39, 0.29) is 29.4 Å². The summed E-state index contributed by atoms with van der Waals surface area (Å²) in [7, 11) is 1.90. The van der Waals surface area contributed by atoms with Crippen LogP contribution in [0.25, 0.3) is 0 Å². The summed E-state index contributed by atoms with van der Waals surface area (Å²) in [6.45, 7) is 7.48. The van der Waals surface area contributed by atoms with Crippen LogP contribution in [-0.2, 0) is 14.3 Å². The average molecular weight is 370 g/mol. The van der Waals surface area contributed by atoms with Crippen molar-refractivity contribution in [3.05, 3.63) is 48.6 Å². The highest BCUT2D eigenvalue weighted by Crippen LogP contribution is 2.40. The van der Waals surface area contributed by atoms with Crippen LogP contribution in [0.5, 0.6) is 0 Å². The Labute approximate surface area is 162 Å². The molecule has 1 spiro atoms. The van der Waals surface area contributed by atoms with Gasteiger partial charge in [0.25, 0.3) is 0 Å². The molecule has 3 rings (SSSR count). The van der Waals surface area contributed by atoms with Crippen LogP contribution in [0.1, 0.15) is 44.2 Å². The van der Waals surface area contributed by atoms with Crippen molar-refractivity contribution in [3.8, 4) is 0 Å². The van der Waals surface area contributed by atoms with E-state index in [1.165, 1.54) is 11.6 Å². The average Bonchev–Trinajstić information content (AvgIpc) is 3.12.